The van der Waals surface area contributed by atoms with Crippen molar-refractivity contribution in [2.45, 2.75) is 69.4 Å². The number of β-amino-alcohol motifs (C(OH)–C–C–N with tert-alkyl or cyclic N) is 1. The van der Waals surface area contributed by atoms with E-state index in [1.807, 2.05) is 9.80 Å². The summed E-state index contributed by atoms with van der Waals surface area (Å²) in [5.74, 6) is 3.61. The Bertz CT molecular complexity index is 1280. The lowest BCUT2D eigenvalue weighted by Crippen LogP contribution is -2.61. The van der Waals surface area contributed by atoms with Crippen LogP contribution in [-0.4, -0.2) is 45.7 Å². The number of amides is 1. The van der Waals surface area contributed by atoms with Crippen molar-refractivity contribution in [1.82, 2.24) is 9.97 Å². The van der Waals surface area contributed by atoms with Gasteiger partial charge in [-0.3, -0.25) is 9.69 Å². The van der Waals surface area contributed by atoms with Crippen LogP contribution in [0.3, 0.4) is 0 Å². The molecule has 8 rings (SSSR count). The van der Waals surface area contributed by atoms with Crippen LogP contribution in [0, 0.1) is 29.1 Å². The third-order valence-corrected chi connectivity index (χ3v) is 9.34. The lowest BCUT2D eigenvalue weighted by atomic mass is 9.52. The molecule has 1 amide bonds. The topological polar surface area (TPSA) is 145 Å². The largest absolute Gasteiger partial charge is 0.391 e. The molecule has 4 heterocycles. The number of rotatable bonds is 2. The molecule has 35 heavy (non-hydrogen) atoms. The molecule has 4 aliphatic carbocycles. The summed E-state index contributed by atoms with van der Waals surface area (Å²) in [5, 5.41) is 21.6. The molecule has 9 nitrogen and oxygen atoms in total. The maximum absolute atomic E-state index is 13.7. The van der Waals surface area contributed by atoms with Crippen LogP contribution in [0.5, 0.6) is 0 Å². The average molecular weight is 474 g/mol. The molecule has 0 unspecified atom stereocenters. The fourth-order valence-corrected chi connectivity index (χ4v) is 8.51. The first-order chi connectivity index (χ1) is 16.9. The van der Waals surface area contributed by atoms with Gasteiger partial charge in [0.15, 0.2) is 0 Å². The van der Waals surface area contributed by atoms with Gasteiger partial charge in [0.1, 0.15) is 34.9 Å². The summed E-state index contributed by atoms with van der Waals surface area (Å²) in [6, 6.07) is 2.35. The molecule has 5 fully saturated rings. The van der Waals surface area contributed by atoms with Crippen LogP contribution in [0.1, 0.15) is 62.5 Å². The smallest absolute Gasteiger partial charge is 0.233 e. The lowest BCUT2D eigenvalue weighted by molar-refractivity contribution is -0.120. The zero-order valence-electron chi connectivity index (χ0n) is 19.8. The van der Waals surface area contributed by atoms with Crippen molar-refractivity contribution in [2.75, 3.05) is 34.4 Å². The number of aliphatic hydroxyl groups excluding tert-OH is 1. The zero-order chi connectivity index (χ0) is 24.1. The van der Waals surface area contributed by atoms with Crippen LogP contribution in [0.15, 0.2) is 0 Å². The fraction of sp³-hybridized carbons (Fsp3) is 0.615. The summed E-state index contributed by atoms with van der Waals surface area (Å²) in [4.78, 5) is 26.9. The van der Waals surface area contributed by atoms with Gasteiger partial charge in [0.2, 0.25) is 5.91 Å². The van der Waals surface area contributed by atoms with Crippen molar-refractivity contribution in [1.29, 1.82) is 5.26 Å². The van der Waals surface area contributed by atoms with Crippen LogP contribution in [0.2, 0.25) is 0 Å². The second kappa shape index (κ2) is 7.20. The van der Waals surface area contributed by atoms with E-state index in [1.165, 1.54) is 19.3 Å². The number of fused-ring (bicyclic) bond motifs is 3. The van der Waals surface area contributed by atoms with E-state index in [1.54, 1.807) is 0 Å². The number of aromatic nitrogens is 2. The SMILES string of the molecule is N#Cc1c(N2CCC[C@H](O)C2)nc(N)c2c(N)nc3c(c12)CC(=O)N3C12CC3CC(CC(C3)C1)C2. The summed E-state index contributed by atoms with van der Waals surface area (Å²) >= 11 is 0. The molecule has 0 spiro atoms. The van der Waals surface area contributed by atoms with Crippen LogP contribution in [0.4, 0.5) is 23.3 Å². The van der Waals surface area contributed by atoms with Crippen molar-refractivity contribution in [3.05, 3.63) is 11.1 Å². The van der Waals surface area contributed by atoms with Crippen molar-refractivity contribution >= 4 is 40.0 Å². The third-order valence-electron chi connectivity index (χ3n) is 9.34. The molecule has 0 radical (unpaired) electrons. The number of anilines is 4. The van der Waals surface area contributed by atoms with Crippen LogP contribution >= 0.6 is 0 Å². The number of carbonyl (C=O) groups is 1. The second-order valence-corrected chi connectivity index (χ2v) is 11.6. The molecular formula is C26H31N7O2. The molecule has 4 saturated carbocycles. The predicted molar refractivity (Wildman–Crippen MR) is 133 cm³/mol. The highest BCUT2D eigenvalue weighted by atomic mass is 16.3. The molecule has 6 aliphatic rings. The predicted octanol–water partition coefficient (Wildman–Crippen LogP) is 2.48. The number of piperidine rings is 1. The number of pyridine rings is 2. The zero-order valence-corrected chi connectivity index (χ0v) is 19.8. The Balaban J connectivity index is 1.43. The molecule has 1 saturated heterocycles. The number of hydrogen-bond acceptors (Lipinski definition) is 8. The average Bonchev–Trinajstić information content (AvgIpc) is 3.14. The number of nitrogens with zero attached hydrogens (tertiary/aromatic N) is 5. The molecule has 0 aromatic carbocycles. The summed E-state index contributed by atoms with van der Waals surface area (Å²) in [5.41, 5.74) is 13.8. The van der Waals surface area contributed by atoms with E-state index in [-0.39, 0.29) is 29.5 Å². The van der Waals surface area contributed by atoms with Crippen molar-refractivity contribution < 1.29 is 9.90 Å². The molecule has 1 atom stereocenters. The molecule has 4 bridgehead atoms. The van der Waals surface area contributed by atoms with Gasteiger partial charge in [0.05, 0.1) is 23.4 Å². The maximum atomic E-state index is 13.7. The van der Waals surface area contributed by atoms with E-state index < -0.39 is 6.10 Å². The number of nitriles is 1. The van der Waals surface area contributed by atoms with Gasteiger partial charge in [-0.1, -0.05) is 0 Å². The second-order valence-electron chi connectivity index (χ2n) is 11.6. The van der Waals surface area contributed by atoms with Gasteiger partial charge in [-0.2, -0.15) is 5.26 Å². The van der Waals surface area contributed by atoms with Gasteiger partial charge >= 0.3 is 0 Å². The molecular weight excluding hydrogens is 442 g/mol. The van der Waals surface area contributed by atoms with E-state index in [2.05, 4.69) is 11.1 Å². The first-order valence-electron chi connectivity index (χ1n) is 12.9. The van der Waals surface area contributed by atoms with Gasteiger partial charge in [-0.05, 0) is 69.1 Å². The highest BCUT2D eigenvalue weighted by Gasteiger charge is 2.57. The van der Waals surface area contributed by atoms with Gasteiger partial charge in [0, 0.05) is 24.0 Å². The Morgan fingerprint density at radius 1 is 1.00 bits per heavy atom. The van der Waals surface area contributed by atoms with Gasteiger partial charge in [0.25, 0.3) is 0 Å². The quantitative estimate of drug-likeness (QED) is 0.603. The Morgan fingerprint density at radius 2 is 1.63 bits per heavy atom. The summed E-state index contributed by atoms with van der Waals surface area (Å²) < 4.78 is 0. The first kappa shape index (κ1) is 21.2. The Labute approximate surface area is 204 Å². The van der Waals surface area contributed by atoms with Crippen molar-refractivity contribution in [3.8, 4) is 6.07 Å². The van der Waals surface area contributed by atoms with E-state index in [4.69, 9.17) is 16.5 Å². The Hall–Kier alpha value is -3.12. The van der Waals surface area contributed by atoms with Crippen LogP contribution < -0.4 is 21.3 Å². The summed E-state index contributed by atoms with van der Waals surface area (Å²) in [7, 11) is 0. The molecule has 2 aromatic heterocycles. The summed E-state index contributed by atoms with van der Waals surface area (Å²) in [6.45, 7) is 1.08. The monoisotopic (exact) mass is 473 g/mol. The number of aliphatic hydroxyl groups is 1. The molecule has 9 heteroatoms. The highest BCUT2D eigenvalue weighted by molar-refractivity contribution is 6.13. The lowest BCUT2D eigenvalue weighted by Gasteiger charge is -2.59. The van der Waals surface area contributed by atoms with Gasteiger partial charge < -0.3 is 21.5 Å². The normalized spacial score (nSPS) is 33.4. The van der Waals surface area contributed by atoms with Crippen LogP contribution in [0.25, 0.3) is 10.8 Å². The Kier molecular flexibility index (Phi) is 4.36. The van der Waals surface area contributed by atoms with E-state index in [0.717, 1.165) is 37.7 Å². The fourth-order valence-electron chi connectivity index (χ4n) is 8.51. The minimum Gasteiger partial charge on any atom is -0.391 e. The third kappa shape index (κ3) is 2.92. The van der Waals surface area contributed by atoms with Crippen molar-refractivity contribution in [3.63, 3.8) is 0 Å². The standard InChI is InChI=1S/C26H31N7O2/c27-11-18-20-17-7-19(35)33(26-8-13-4-14(9-26)6-15(5-13)10-26)25(17)31-23(29)21(20)22(28)30-24(18)32-3-1-2-16(34)12-32/h13-16,34H,1-10,12H2,(H2,28,30)(H2,29,31)/t13?,14?,15?,16-,26?/m0/s1. The summed E-state index contributed by atoms with van der Waals surface area (Å²) in [6.07, 6.45) is 8.20. The van der Waals surface area contributed by atoms with Gasteiger partial charge in [-0.15, -0.1) is 0 Å². The first-order valence-corrected chi connectivity index (χ1v) is 12.9. The number of nitrogens with two attached hydrogens (primary N) is 2. The minimum absolute atomic E-state index is 0.0515. The molecule has 182 valence electrons. The number of hydrogen-bond donors (Lipinski definition) is 3. The number of nitrogen functional groups attached to an aromatic ring is 2. The maximum Gasteiger partial charge on any atom is 0.233 e. The van der Waals surface area contributed by atoms with E-state index in [9.17, 15) is 15.2 Å². The van der Waals surface area contributed by atoms with E-state index >= 15 is 0 Å². The van der Waals surface area contributed by atoms with Crippen LogP contribution in [-0.2, 0) is 11.2 Å². The minimum atomic E-state index is -0.476. The van der Waals surface area contributed by atoms with Crippen molar-refractivity contribution in [2.24, 2.45) is 17.8 Å². The molecule has 2 aromatic rings. The molecule has 5 N–H and O–H groups in total. The highest BCUT2D eigenvalue weighted by Crippen LogP contribution is 2.59. The number of carbonyl (C=O) groups excluding carboxylic acids is 1. The van der Waals surface area contributed by atoms with E-state index in [0.29, 0.717) is 58.8 Å². The van der Waals surface area contributed by atoms with Gasteiger partial charge in [-0.25, -0.2) is 9.97 Å². The Morgan fingerprint density at radius 3 is 2.23 bits per heavy atom. The molecule has 2 aliphatic heterocycles.